The van der Waals surface area contributed by atoms with Gasteiger partial charge in [0.1, 0.15) is 11.9 Å². The molecule has 0 aliphatic rings. The predicted octanol–water partition coefficient (Wildman–Crippen LogP) is 0.959. The van der Waals surface area contributed by atoms with Crippen molar-refractivity contribution in [2.45, 2.75) is 24.8 Å². The van der Waals surface area contributed by atoms with Gasteiger partial charge in [-0.2, -0.15) is 5.26 Å². The molecule has 1 unspecified atom stereocenters. The first-order chi connectivity index (χ1) is 8.81. The van der Waals surface area contributed by atoms with Gasteiger partial charge in [-0.25, -0.2) is 17.5 Å². The topological polar surface area (TPSA) is 96.0 Å². The van der Waals surface area contributed by atoms with E-state index in [0.717, 1.165) is 18.2 Å². The molecule has 5 nitrogen and oxygen atoms in total. The minimum atomic E-state index is -3.81. The first kappa shape index (κ1) is 15.6. The van der Waals surface area contributed by atoms with Gasteiger partial charge in [0, 0.05) is 12.6 Å². The number of nitrogens with one attached hydrogen (secondary N) is 1. The lowest BCUT2D eigenvalue weighted by atomic mass is 10.1. The minimum Gasteiger partial charge on any atom is -0.329 e. The third-order valence-corrected chi connectivity index (χ3v) is 4.22. The first-order valence-corrected chi connectivity index (χ1v) is 7.22. The molecule has 3 N–H and O–H groups in total. The maximum absolute atomic E-state index is 13.2. The van der Waals surface area contributed by atoms with Crippen LogP contribution in [0.5, 0.6) is 0 Å². The summed E-state index contributed by atoms with van der Waals surface area (Å²) in [6.45, 7) is 3.83. The van der Waals surface area contributed by atoms with Crippen molar-refractivity contribution in [2.75, 3.05) is 6.54 Å². The maximum Gasteiger partial charge on any atom is 0.240 e. The van der Waals surface area contributed by atoms with Crippen molar-refractivity contribution in [3.63, 3.8) is 0 Å². The third kappa shape index (κ3) is 3.73. The Balaban J connectivity index is 3.11. The van der Waals surface area contributed by atoms with Crippen molar-refractivity contribution in [2.24, 2.45) is 11.7 Å². The summed E-state index contributed by atoms with van der Waals surface area (Å²) < 4.78 is 39.8. The van der Waals surface area contributed by atoms with Crippen LogP contribution in [-0.4, -0.2) is 21.0 Å². The van der Waals surface area contributed by atoms with E-state index in [4.69, 9.17) is 11.0 Å². The van der Waals surface area contributed by atoms with Gasteiger partial charge in [0.25, 0.3) is 0 Å². The molecule has 104 valence electrons. The van der Waals surface area contributed by atoms with E-state index in [0.29, 0.717) is 0 Å². The molecule has 1 rings (SSSR count). The average Bonchev–Trinajstić information content (AvgIpc) is 2.36. The summed E-state index contributed by atoms with van der Waals surface area (Å²) in [5.41, 5.74) is 5.19. The molecular formula is C12H16FN3O2S. The molecule has 0 aliphatic carbocycles. The fourth-order valence-corrected chi connectivity index (χ4v) is 2.90. The van der Waals surface area contributed by atoms with Crippen molar-refractivity contribution in [1.82, 2.24) is 4.72 Å². The Kier molecular flexibility index (Phi) is 5.00. The Hall–Kier alpha value is -1.49. The van der Waals surface area contributed by atoms with Crippen molar-refractivity contribution in [3.8, 4) is 6.07 Å². The molecule has 0 heterocycles. The Bertz CT molecular complexity index is 593. The van der Waals surface area contributed by atoms with Crippen LogP contribution in [-0.2, 0) is 10.0 Å². The van der Waals surface area contributed by atoms with Crippen LogP contribution in [0.3, 0.4) is 0 Å². The van der Waals surface area contributed by atoms with Crippen LogP contribution < -0.4 is 10.5 Å². The first-order valence-electron chi connectivity index (χ1n) is 5.74. The highest BCUT2D eigenvalue weighted by atomic mass is 32.2. The maximum atomic E-state index is 13.2. The molecule has 0 fully saturated rings. The Morgan fingerprint density at radius 1 is 1.47 bits per heavy atom. The number of rotatable bonds is 5. The smallest absolute Gasteiger partial charge is 0.240 e. The third-order valence-electron chi connectivity index (χ3n) is 2.73. The number of hydrogen-bond acceptors (Lipinski definition) is 4. The number of benzene rings is 1. The highest BCUT2D eigenvalue weighted by Gasteiger charge is 2.22. The average molecular weight is 285 g/mol. The molecule has 0 aliphatic heterocycles. The minimum absolute atomic E-state index is 0.0238. The molecule has 19 heavy (non-hydrogen) atoms. The van der Waals surface area contributed by atoms with Crippen LogP contribution >= 0.6 is 0 Å². The largest absolute Gasteiger partial charge is 0.329 e. The van der Waals surface area contributed by atoms with Crippen molar-refractivity contribution < 1.29 is 12.8 Å². The standard InChI is InChI=1S/C12H16FN3O2S/c1-8(2)12(7-15)16-19(17,18)10-3-4-11(13)9(5-10)6-14/h3-5,8,12,16H,7,15H2,1-2H3. The number of nitriles is 1. The van der Waals surface area contributed by atoms with Crippen molar-refractivity contribution in [3.05, 3.63) is 29.6 Å². The van der Waals surface area contributed by atoms with E-state index in [1.165, 1.54) is 0 Å². The van der Waals surface area contributed by atoms with Gasteiger partial charge < -0.3 is 5.73 Å². The second-order valence-electron chi connectivity index (χ2n) is 4.46. The van der Waals surface area contributed by atoms with Crippen LogP contribution in [0.2, 0.25) is 0 Å². The van der Waals surface area contributed by atoms with E-state index in [1.54, 1.807) is 6.07 Å². The van der Waals surface area contributed by atoms with Crippen LogP contribution in [0, 0.1) is 23.1 Å². The summed E-state index contributed by atoms with van der Waals surface area (Å²) in [7, 11) is -3.81. The molecule has 0 bridgehead atoms. The molecule has 0 saturated carbocycles. The molecule has 7 heteroatoms. The molecule has 0 radical (unpaired) electrons. The lowest BCUT2D eigenvalue weighted by Gasteiger charge is -2.20. The van der Waals surface area contributed by atoms with E-state index in [-0.39, 0.29) is 22.9 Å². The number of nitrogens with zero attached hydrogens (tertiary/aromatic N) is 1. The van der Waals surface area contributed by atoms with E-state index >= 15 is 0 Å². The number of nitrogens with two attached hydrogens (primary N) is 1. The second kappa shape index (κ2) is 6.10. The quantitative estimate of drug-likeness (QED) is 0.842. The lowest BCUT2D eigenvalue weighted by Crippen LogP contribution is -2.43. The van der Waals surface area contributed by atoms with Crippen molar-refractivity contribution in [1.29, 1.82) is 5.26 Å². The Morgan fingerprint density at radius 2 is 2.11 bits per heavy atom. The fraction of sp³-hybridized carbons (Fsp3) is 0.417. The normalized spacial score (nSPS) is 13.3. The Morgan fingerprint density at radius 3 is 2.58 bits per heavy atom. The molecule has 1 atom stereocenters. The van der Waals surface area contributed by atoms with E-state index < -0.39 is 21.9 Å². The summed E-state index contributed by atoms with van der Waals surface area (Å²) in [4.78, 5) is -0.149. The highest BCUT2D eigenvalue weighted by Crippen LogP contribution is 2.15. The van der Waals surface area contributed by atoms with Crippen LogP contribution in [0.25, 0.3) is 0 Å². The molecule has 0 saturated heterocycles. The second-order valence-corrected chi connectivity index (χ2v) is 6.17. The zero-order valence-corrected chi connectivity index (χ0v) is 11.5. The lowest BCUT2D eigenvalue weighted by molar-refractivity contribution is 0.454. The molecule has 0 spiro atoms. The molecular weight excluding hydrogens is 269 g/mol. The van der Waals surface area contributed by atoms with Gasteiger partial charge in [-0.1, -0.05) is 13.8 Å². The van der Waals surface area contributed by atoms with Gasteiger partial charge in [-0.15, -0.1) is 0 Å². The van der Waals surface area contributed by atoms with Gasteiger partial charge in [-0.05, 0) is 24.1 Å². The van der Waals surface area contributed by atoms with Gasteiger partial charge in [0.15, 0.2) is 0 Å². The van der Waals surface area contributed by atoms with E-state index in [1.807, 2.05) is 13.8 Å². The fourth-order valence-electron chi connectivity index (χ4n) is 1.48. The van der Waals surface area contributed by atoms with Gasteiger partial charge >= 0.3 is 0 Å². The Labute approximate surface area is 112 Å². The molecule has 0 aromatic heterocycles. The highest BCUT2D eigenvalue weighted by molar-refractivity contribution is 7.89. The summed E-state index contributed by atoms with van der Waals surface area (Å²) in [5.74, 6) is -0.726. The number of sulfonamides is 1. The predicted molar refractivity (Wildman–Crippen MR) is 69.1 cm³/mol. The zero-order chi connectivity index (χ0) is 14.6. The number of hydrogen-bond donors (Lipinski definition) is 2. The van der Waals surface area contributed by atoms with Crippen LogP contribution in [0.4, 0.5) is 4.39 Å². The SMILES string of the molecule is CC(C)C(CN)NS(=O)(=O)c1ccc(F)c(C#N)c1. The summed E-state index contributed by atoms with van der Waals surface area (Å²) >= 11 is 0. The van der Waals surface area contributed by atoms with Crippen molar-refractivity contribution >= 4 is 10.0 Å². The molecule has 1 aromatic rings. The van der Waals surface area contributed by atoms with Gasteiger partial charge in [0.05, 0.1) is 10.5 Å². The number of halogens is 1. The van der Waals surface area contributed by atoms with Crippen LogP contribution in [0.15, 0.2) is 23.1 Å². The van der Waals surface area contributed by atoms with E-state index in [2.05, 4.69) is 4.72 Å². The van der Waals surface area contributed by atoms with Gasteiger partial charge in [0.2, 0.25) is 10.0 Å². The summed E-state index contributed by atoms with van der Waals surface area (Å²) in [6.07, 6.45) is 0. The van der Waals surface area contributed by atoms with E-state index in [9.17, 15) is 12.8 Å². The molecule has 0 amide bonds. The zero-order valence-electron chi connectivity index (χ0n) is 10.7. The van der Waals surface area contributed by atoms with Gasteiger partial charge in [-0.3, -0.25) is 0 Å². The monoisotopic (exact) mass is 285 g/mol. The molecule has 1 aromatic carbocycles. The summed E-state index contributed by atoms with van der Waals surface area (Å²) in [6, 6.07) is 4.27. The van der Waals surface area contributed by atoms with Crippen LogP contribution in [0.1, 0.15) is 19.4 Å². The summed E-state index contributed by atoms with van der Waals surface area (Å²) in [5, 5.41) is 8.70.